The van der Waals surface area contributed by atoms with E-state index in [4.69, 9.17) is 5.73 Å². The molecular weight excluding hydrogens is 347 g/mol. The molecule has 2 N–H and O–H groups in total. The molecule has 22 heavy (non-hydrogen) atoms. The van der Waals surface area contributed by atoms with Crippen LogP contribution in [0, 0.1) is 0 Å². The Morgan fingerprint density at radius 1 is 0.864 bits per heavy atom. The van der Waals surface area contributed by atoms with Gasteiger partial charge in [0.05, 0.1) is 0 Å². The van der Waals surface area contributed by atoms with Crippen molar-refractivity contribution >= 4 is 59.8 Å². The fraction of sp³-hybridized carbons (Fsp3) is 0.200. The topological polar surface area (TPSA) is 63.4 Å². The Bertz CT molecular complexity index is 641. The quantitative estimate of drug-likeness (QED) is 0.853. The molecule has 0 spiro atoms. The number of nitrogens with zero attached hydrogens (tertiary/aromatic N) is 1. The van der Waals surface area contributed by atoms with Crippen LogP contribution in [0.4, 0.5) is 0 Å². The molecule has 4 nitrogen and oxygen atoms in total. The minimum Gasteiger partial charge on any atom is -0.330 e. The smallest absolute Gasteiger partial charge is 0.261 e. The zero-order valence-electron chi connectivity index (χ0n) is 11.7. The van der Waals surface area contributed by atoms with E-state index in [9.17, 15) is 9.59 Å². The number of nitrogens with two attached hydrogens (primary N) is 1. The summed E-state index contributed by atoms with van der Waals surface area (Å²) in [6.07, 6.45) is 0.621. The van der Waals surface area contributed by atoms with Crippen LogP contribution in [0.2, 0.25) is 0 Å². The number of benzene rings is 2. The maximum absolute atomic E-state index is 12.4. The molecule has 0 radical (unpaired) electrons. The summed E-state index contributed by atoms with van der Waals surface area (Å²) in [5, 5.41) is 1.69. The van der Waals surface area contributed by atoms with Crippen LogP contribution in [0.1, 0.15) is 27.1 Å². The van der Waals surface area contributed by atoms with Crippen LogP contribution in [0.5, 0.6) is 0 Å². The summed E-state index contributed by atoms with van der Waals surface area (Å²) < 4.78 is 0. The SMILES string of the molecule is Cl.Cl.Cl.NCCCN1C(=O)c2cccc3cccc(c23)C1=O. The number of amides is 2. The van der Waals surface area contributed by atoms with Gasteiger partial charge < -0.3 is 5.73 Å². The second kappa shape index (κ2) is 8.34. The van der Waals surface area contributed by atoms with Gasteiger partial charge in [-0.3, -0.25) is 14.5 Å². The van der Waals surface area contributed by atoms with Gasteiger partial charge in [0.2, 0.25) is 0 Å². The largest absolute Gasteiger partial charge is 0.330 e. The molecule has 1 aliphatic heterocycles. The number of rotatable bonds is 3. The van der Waals surface area contributed by atoms with Gasteiger partial charge in [0, 0.05) is 23.1 Å². The zero-order valence-corrected chi connectivity index (χ0v) is 14.1. The summed E-state index contributed by atoms with van der Waals surface area (Å²) in [7, 11) is 0. The van der Waals surface area contributed by atoms with Crippen molar-refractivity contribution in [2.24, 2.45) is 5.73 Å². The number of halogens is 3. The molecule has 0 aliphatic carbocycles. The molecule has 0 saturated carbocycles. The van der Waals surface area contributed by atoms with E-state index in [1.54, 1.807) is 12.1 Å². The van der Waals surface area contributed by atoms with Gasteiger partial charge in [-0.1, -0.05) is 24.3 Å². The first-order chi connectivity index (χ1) is 9.24. The van der Waals surface area contributed by atoms with Crippen molar-refractivity contribution in [3.8, 4) is 0 Å². The van der Waals surface area contributed by atoms with E-state index >= 15 is 0 Å². The van der Waals surface area contributed by atoms with Crippen molar-refractivity contribution in [3.05, 3.63) is 47.5 Å². The fourth-order valence-electron chi connectivity index (χ4n) is 2.53. The highest BCUT2D eigenvalue weighted by Gasteiger charge is 2.31. The van der Waals surface area contributed by atoms with Crippen molar-refractivity contribution in [3.63, 3.8) is 0 Å². The van der Waals surface area contributed by atoms with Crippen LogP contribution in [-0.4, -0.2) is 29.8 Å². The predicted octanol–water partition coefficient (Wildman–Crippen LogP) is 3.05. The Hall–Kier alpha value is -1.33. The molecule has 2 amide bonds. The minimum atomic E-state index is -0.220. The lowest BCUT2D eigenvalue weighted by Gasteiger charge is -2.26. The Labute approximate surface area is 147 Å². The van der Waals surface area contributed by atoms with Crippen LogP contribution in [0.15, 0.2) is 36.4 Å². The number of hydrogen-bond donors (Lipinski definition) is 1. The monoisotopic (exact) mass is 362 g/mol. The lowest BCUT2D eigenvalue weighted by Crippen LogP contribution is -2.41. The zero-order chi connectivity index (χ0) is 13.4. The highest BCUT2D eigenvalue weighted by molar-refractivity contribution is 6.25. The Kier molecular flexibility index (Phi) is 7.84. The maximum atomic E-state index is 12.4. The van der Waals surface area contributed by atoms with Gasteiger partial charge in [-0.15, -0.1) is 37.2 Å². The molecule has 2 aromatic carbocycles. The highest BCUT2D eigenvalue weighted by atomic mass is 35.5. The molecule has 0 aromatic heterocycles. The summed E-state index contributed by atoms with van der Waals surface area (Å²) >= 11 is 0. The molecule has 7 heteroatoms. The lowest BCUT2D eigenvalue weighted by atomic mass is 9.94. The average Bonchev–Trinajstić information content (AvgIpc) is 2.44. The average molecular weight is 364 g/mol. The third-order valence-corrected chi connectivity index (χ3v) is 3.44. The number of carbonyl (C=O) groups is 2. The molecule has 1 aliphatic rings. The third kappa shape index (κ3) is 3.20. The van der Waals surface area contributed by atoms with Crippen LogP contribution in [0.25, 0.3) is 10.8 Å². The second-order valence-corrected chi connectivity index (χ2v) is 4.61. The number of imide groups is 1. The Balaban J connectivity index is 0.00000147. The standard InChI is InChI=1S/C15H14N2O2.3ClH/c16-8-3-9-17-14(18)11-6-1-4-10-5-2-7-12(13(10)11)15(17)19;;;/h1-2,4-7H,3,8-9,16H2;3*1H. The summed E-state index contributed by atoms with van der Waals surface area (Å²) in [6.45, 7) is 0.835. The van der Waals surface area contributed by atoms with E-state index in [0.717, 1.165) is 10.8 Å². The molecule has 2 aromatic rings. The van der Waals surface area contributed by atoms with Crippen molar-refractivity contribution < 1.29 is 9.59 Å². The van der Waals surface area contributed by atoms with Crippen LogP contribution >= 0.6 is 37.2 Å². The Morgan fingerprint density at radius 2 is 1.36 bits per heavy atom. The molecule has 1 heterocycles. The van der Waals surface area contributed by atoms with E-state index in [0.29, 0.717) is 30.6 Å². The van der Waals surface area contributed by atoms with Gasteiger partial charge in [0.1, 0.15) is 0 Å². The van der Waals surface area contributed by atoms with E-state index in [1.165, 1.54) is 4.90 Å². The third-order valence-electron chi connectivity index (χ3n) is 3.44. The summed E-state index contributed by atoms with van der Waals surface area (Å²) in [5.74, 6) is -0.439. The molecule has 0 unspecified atom stereocenters. The second-order valence-electron chi connectivity index (χ2n) is 4.61. The Morgan fingerprint density at radius 3 is 1.82 bits per heavy atom. The van der Waals surface area contributed by atoms with Crippen molar-refractivity contribution in [1.29, 1.82) is 0 Å². The minimum absolute atomic E-state index is 0. The van der Waals surface area contributed by atoms with Crippen molar-refractivity contribution in [2.75, 3.05) is 13.1 Å². The lowest BCUT2D eigenvalue weighted by molar-refractivity contribution is 0.0610. The molecular formula is C15H17Cl3N2O2. The van der Waals surface area contributed by atoms with Gasteiger partial charge in [-0.2, -0.15) is 0 Å². The van der Waals surface area contributed by atoms with Gasteiger partial charge >= 0.3 is 0 Å². The van der Waals surface area contributed by atoms with Gasteiger partial charge in [-0.05, 0) is 30.5 Å². The van der Waals surface area contributed by atoms with E-state index in [2.05, 4.69) is 0 Å². The van der Waals surface area contributed by atoms with Gasteiger partial charge in [-0.25, -0.2) is 0 Å². The normalized spacial score (nSPS) is 12.3. The van der Waals surface area contributed by atoms with E-state index in [1.807, 2.05) is 24.3 Å². The summed E-state index contributed by atoms with van der Waals surface area (Å²) in [5.41, 5.74) is 6.66. The summed E-state index contributed by atoms with van der Waals surface area (Å²) in [6, 6.07) is 11.1. The van der Waals surface area contributed by atoms with Crippen LogP contribution < -0.4 is 5.73 Å². The molecule has 0 saturated heterocycles. The molecule has 0 atom stereocenters. The van der Waals surface area contributed by atoms with Crippen molar-refractivity contribution in [2.45, 2.75) is 6.42 Å². The first-order valence-electron chi connectivity index (χ1n) is 6.32. The van der Waals surface area contributed by atoms with Crippen LogP contribution in [-0.2, 0) is 0 Å². The van der Waals surface area contributed by atoms with E-state index in [-0.39, 0.29) is 49.0 Å². The van der Waals surface area contributed by atoms with Crippen LogP contribution in [0.3, 0.4) is 0 Å². The van der Waals surface area contributed by atoms with Gasteiger partial charge in [0.15, 0.2) is 0 Å². The first-order valence-corrected chi connectivity index (χ1v) is 6.32. The first kappa shape index (κ1) is 20.7. The fourth-order valence-corrected chi connectivity index (χ4v) is 2.53. The number of hydrogen-bond acceptors (Lipinski definition) is 3. The van der Waals surface area contributed by atoms with E-state index < -0.39 is 0 Å². The highest BCUT2D eigenvalue weighted by Crippen LogP contribution is 2.29. The maximum Gasteiger partial charge on any atom is 0.261 e. The molecule has 0 fully saturated rings. The predicted molar refractivity (Wildman–Crippen MR) is 94.7 cm³/mol. The molecule has 120 valence electrons. The number of carbonyl (C=O) groups excluding carboxylic acids is 2. The summed E-state index contributed by atoms with van der Waals surface area (Å²) in [4.78, 5) is 26.1. The van der Waals surface area contributed by atoms with Crippen molar-refractivity contribution in [1.82, 2.24) is 4.90 Å². The molecule has 3 rings (SSSR count). The molecule has 0 bridgehead atoms. The van der Waals surface area contributed by atoms with Gasteiger partial charge in [0.25, 0.3) is 11.8 Å².